The smallest absolute Gasteiger partial charge is 0.306 e. The van der Waals surface area contributed by atoms with Crippen molar-refractivity contribution < 1.29 is 24.5 Å². The van der Waals surface area contributed by atoms with Crippen molar-refractivity contribution in [1.29, 1.82) is 0 Å². The van der Waals surface area contributed by atoms with Crippen LogP contribution in [0.15, 0.2) is 122 Å². The minimum Gasteiger partial charge on any atom is -0.461 e. The molecule has 0 aliphatic carbocycles. The van der Waals surface area contributed by atoms with Gasteiger partial charge in [-0.15, -0.1) is 0 Å². The van der Waals surface area contributed by atoms with Crippen LogP contribution in [0.2, 0.25) is 0 Å². The van der Waals surface area contributed by atoms with Gasteiger partial charge in [0.2, 0.25) is 5.91 Å². The molecule has 6 heteroatoms. The lowest BCUT2D eigenvalue weighted by molar-refractivity contribution is -0.150. The second-order valence-electron chi connectivity index (χ2n) is 16.4. The second-order valence-corrected chi connectivity index (χ2v) is 16.4. The van der Waals surface area contributed by atoms with Crippen molar-refractivity contribution in [1.82, 2.24) is 5.32 Å². The standard InChI is InChI=1S/C56H91NO5/c1-4-7-10-13-16-19-22-24-26-27-28-29-31-34-37-40-43-46-49-56(61)62-52(47-44-41-38-35-32-21-18-15-12-9-6-3)50-55(60)57-53(51-58)54(59)48-45-42-39-36-33-30-25-23-20-17-14-11-8-5-2/h9-10,12-13,15-16,18-19,21-22,24,26-29,32,35,38,41,44,52-54,58-59H,4-8,11,14,17,20,23,25,30-31,33-34,36-37,39-40,42-43,45-51H2,1-3H3,(H,57,60)/b12-9+,13-10+,18-15+,19-16+,24-22+,27-26+,29-28+,32-21-,38-35-,44-41+. The van der Waals surface area contributed by atoms with E-state index in [4.69, 9.17) is 4.74 Å². The SMILES string of the molecule is CC/C=C/C=C/C=C\C=C/C=C/CC(CC(=O)NC(CO)C(O)CCCCCCCCCCCCCCCC)OC(=O)CCCCCCC/C=C/C=C/C=C/C=C/C=C/CCC. The third-order valence-electron chi connectivity index (χ3n) is 10.5. The molecule has 6 nitrogen and oxygen atoms in total. The van der Waals surface area contributed by atoms with Crippen LogP contribution in [0.1, 0.15) is 194 Å². The van der Waals surface area contributed by atoms with E-state index in [1.54, 1.807) is 0 Å². The molecule has 3 N–H and O–H groups in total. The number of rotatable bonds is 42. The molecule has 0 aliphatic rings. The van der Waals surface area contributed by atoms with E-state index < -0.39 is 18.2 Å². The summed E-state index contributed by atoms with van der Waals surface area (Å²) in [7, 11) is 0. The fourth-order valence-electron chi connectivity index (χ4n) is 6.77. The van der Waals surface area contributed by atoms with Crippen LogP contribution in [0.3, 0.4) is 0 Å². The first-order chi connectivity index (χ1) is 30.5. The molecule has 62 heavy (non-hydrogen) atoms. The fourth-order valence-corrected chi connectivity index (χ4v) is 6.77. The number of unbranched alkanes of at least 4 members (excludes halogenated alkanes) is 19. The summed E-state index contributed by atoms with van der Waals surface area (Å²) in [5.74, 6) is -0.649. The van der Waals surface area contributed by atoms with E-state index in [0.717, 1.165) is 70.6 Å². The summed E-state index contributed by atoms with van der Waals surface area (Å²) in [6.07, 6.45) is 67.0. The van der Waals surface area contributed by atoms with Crippen molar-refractivity contribution in [3.05, 3.63) is 122 Å². The average molecular weight is 858 g/mol. The van der Waals surface area contributed by atoms with Gasteiger partial charge in [-0.05, 0) is 38.5 Å². The summed E-state index contributed by atoms with van der Waals surface area (Å²) in [4.78, 5) is 26.0. The lowest BCUT2D eigenvalue weighted by atomic mass is 10.0. The first kappa shape index (κ1) is 58.3. The van der Waals surface area contributed by atoms with Crippen LogP contribution >= 0.6 is 0 Å². The van der Waals surface area contributed by atoms with Crippen molar-refractivity contribution in [2.24, 2.45) is 0 Å². The molecule has 0 aromatic heterocycles. The van der Waals surface area contributed by atoms with E-state index in [-0.39, 0.29) is 24.9 Å². The Hall–Kier alpha value is -3.74. The predicted octanol–water partition coefficient (Wildman–Crippen LogP) is 14.9. The number of hydrogen-bond donors (Lipinski definition) is 3. The molecule has 0 bridgehead atoms. The summed E-state index contributed by atoms with van der Waals surface area (Å²) in [6.45, 7) is 6.19. The molecular weight excluding hydrogens is 767 g/mol. The number of carbonyl (C=O) groups is 2. The van der Waals surface area contributed by atoms with Crippen LogP contribution in [0.25, 0.3) is 0 Å². The third kappa shape index (κ3) is 42.9. The molecule has 0 fully saturated rings. The average Bonchev–Trinajstić information content (AvgIpc) is 3.26. The van der Waals surface area contributed by atoms with Gasteiger partial charge in [0.25, 0.3) is 0 Å². The van der Waals surface area contributed by atoms with Gasteiger partial charge in [0.15, 0.2) is 0 Å². The number of carbonyl (C=O) groups excluding carboxylic acids is 2. The summed E-state index contributed by atoms with van der Waals surface area (Å²) in [6, 6.07) is -0.753. The van der Waals surface area contributed by atoms with Crippen LogP contribution in [-0.4, -0.2) is 46.9 Å². The van der Waals surface area contributed by atoms with Gasteiger partial charge in [-0.1, -0.05) is 258 Å². The van der Waals surface area contributed by atoms with Crippen molar-refractivity contribution >= 4 is 11.9 Å². The zero-order valence-electron chi connectivity index (χ0n) is 39.7. The number of allylic oxidation sites excluding steroid dienone is 19. The molecule has 3 atom stereocenters. The van der Waals surface area contributed by atoms with Gasteiger partial charge in [0.1, 0.15) is 6.10 Å². The minimum absolute atomic E-state index is 0.0371. The summed E-state index contributed by atoms with van der Waals surface area (Å²) in [5, 5.41) is 23.7. The van der Waals surface area contributed by atoms with E-state index in [1.165, 1.54) is 77.0 Å². The third-order valence-corrected chi connectivity index (χ3v) is 10.5. The van der Waals surface area contributed by atoms with Gasteiger partial charge < -0.3 is 20.3 Å². The molecule has 0 saturated carbocycles. The number of aliphatic hydroxyl groups is 2. The molecule has 0 aromatic carbocycles. The highest BCUT2D eigenvalue weighted by Crippen LogP contribution is 2.16. The van der Waals surface area contributed by atoms with Crippen LogP contribution in [0, 0.1) is 0 Å². The Bertz CT molecular complexity index is 1330. The molecule has 1 amide bonds. The van der Waals surface area contributed by atoms with E-state index in [1.807, 2.05) is 91.1 Å². The lowest BCUT2D eigenvalue weighted by Crippen LogP contribution is -2.46. The molecule has 3 unspecified atom stereocenters. The van der Waals surface area contributed by atoms with Crippen LogP contribution < -0.4 is 5.32 Å². The Morgan fingerprint density at radius 3 is 1.44 bits per heavy atom. The zero-order valence-corrected chi connectivity index (χ0v) is 39.7. The topological polar surface area (TPSA) is 95.9 Å². The molecule has 0 heterocycles. The maximum atomic E-state index is 13.1. The minimum atomic E-state index is -0.830. The van der Waals surface area contributed by atoms with E-state index in [0.29, 0.717) is 19.3 Å². The van der Waals surface area contributed by atoms with Gasteiger partial charge in [-0.25, -0.2) is 0 Å². The highest BCUT2D eigenvalue weighted by molar-refractivity contribution is 5.77. The Morgan fingerprint density at radius 1 is 0.500 bits per heavy atom. The van der Waals surface area contributed by atoms with Crippen LogP contribution in [0.5, 0.6) is 0 Å². The van der Waals surface area contributed by atoms with Crippen molar-refractivity contribution in [3.63, 3.8) is 0 Å². The Kier molecular flexibility index (Phi) is 45.4. The Labute approximate surface area is 380 Å². The highest BCUT2D eigenvalue weighted by Gasteiger charge is 2.23. The maximum absolute atomic E-state index is 13.1. The quantitative estimate of drug-likeness (QED) is 0.0323. The number of aliphatic hydroxyl groups excluding tert-OH is 2. The summed E-state index contributed by atoms with van der Waals surface area (Å²) in [5.41, 5.74) is 0. The van der Waals surface area contributed by atoms with Gasteiger partial charge in [-0.3, -0.25) is 9.59 Å². The van der Waals surface area contributed by atoms with Gasteiger partial charge in [0, 0.05) is 12.8 Å². The van der Waals surface area contributed by atoms with Crippen LogP contribution in [-0.2, 0) is 14.3 Å². The highest BCUT2D eigenvalue weighted by atomic mass is 16.5. The fraction of sp³-hybridized carbons (Fsp3) is 0.607. The molecular formula is C56H91NO5. The lowest BCUT2D eigenvalue weighted by Gasteiger charge is -2.24. The molecule has 0 radical (unpaired) electrons. The van der Waals surface area contributed by atoms with Gasteiger partial charge in [-0.2, -0.15) is 0 Å². The number of hydrogen-bond acceptors (Lipinski definition) is 5. The summed E-state index contributed by atoms with van der Waals surface area (Å²) >= 11 is 0. The monoisotopic (exact) mass is 858 g/mol. The Morgan fingerprint density at radius 2 is 0.935 bits per heavy atom. The molecule has 0 rings (SSSR count). The number of amides is 1. The number of ether oxygens (including phenoxy) is 1. The second kappa shape index (κ2) is 48.3. The Balaban J connectivity index is 4.72. The number of esters is 1. The summed E-state index contributed by atoms with van der Waals surface area (Å²) < 4.78 is 5.82. The molecule has 0 saturated heterocycles. The molecule has 0 aromatic rings. The number of nitrogens with one attached hydrogen (secondary N) is 1. The van der Waals surface area contributed by atoms with Crippen molar-refractivity contribution in [2.75, 3.05) is 6.61 Å². The molecule has 0 aliphatic heterocycles. The maximum Gasteiger partial charge on any atom is 0.306 e. The van der Waals surface area contributed by atoms with E-state index >= 15 is 0 Å². The van der Waals surface area contributed by atoms with Gasteiger partial charge >= 0.3 is 5.97 Å². The van der Waals surface area contributed by atoms with E-state index in [9.17, 15) is 19.8 Å². The largest absolute Gasteiger partial charge is 0.461 e. The van der Waals surface area contributed by atoms with E-state index in [2.05, 4.69) is 56.5 Å². The molecule has 0 spiro atoms. The van der Waals surface area contributed by atoms with Crippen molar-refractivity contribution in [3.8, 4) is 0 Å². The van der Waals surface area contributed by atoms with Gasteiger partial charge in [0.05, 0.1) is 25.2 Å². The zero-order chi connectivity index (χ0) is 45.2. The van der Waals surface area contributed by atoms with Crippen molar-refractivity contribution in [2.45, 2.75) is 212 Å². The predicted molar refractivity (Wildman–Crippen MR) is 268 cm³/mol. The van der Waals surface area contributed by atoms with Crippen LogP contribution in [0.4, 0.5) is 0 Å². The normalized spacial score (nSPS) is 14.3. The first-order valence-corrected chi connectivity index (χ1v) is 24.9. The molecule has 350 valence electrons. The first-order valence-electron chi connectivity index (χ1n) is 24.9.